The summed E-state index contributed by atoms with van der Waals surface area (Å²) in [6.45, 7) is 6.67. The van der Waals surface area contributed by atoms with Gasteiger partial charge < -0.3 is 0 Å². The molecule has 6 aromatic carbocycles. The summed E-state index contributed by atoms with van der Waals surface area (Å²) in [4.78, 5) is 0. The van der Waals surface area contributed by atoms with E-state index in [1.54, 1.807) is 0 Å². The van der Waals surface area contributed by atoms with Crippen molar-refractivity contribution < 1.29 is 0 Å². The monoisotopic (exact) mass is 370 g/mol. The van der Waals surface area contributed by atoms with Gasteiger partial charge in [-0.1, -0.05) is 84.4 Å². The zero-order chi connectivity index (χ0) is 19.7. The highest BCUT2D eigenvalue weighted by Gasteiger charge is 2.17. The Morgan fingerprint density at radius 2 is 1.03 bits per heavy atom. The van der Waals surface area contributed by atoms with Crippen LogP contribution in [0.15, 0.2) is 78.9 Å². The van der Waals surface area contributed by atoms with Crippen molar-refractivity contribution in [3.63, 3.8) is 0 Å². The third-order valence-electron chi connectivity index (χ3n) is 6.46. The molecule has 29 heavy (non-hydrogen) atoms. The summed E-state index contributed by atoms with van der Waals surface area (Å²) in [5, 5.41) is 10.8. The van der Waals surface area contributed by atoms with E-state index in [1.807, 2.05) is 0 Å². The Labute approximate surface area is 170 Å². The van der Waals surface area contributed by atoms with E-state index >= 15 is 0 Å². The van der Waals surface area contributed by atoms with Crippen molar-refractivity contribution in [1.82, 2.24) is 0 Å². The van der Waals surface area contributed by atoms with E-state index in [-0.39, 0.29) is 0 Å². The Morgan fingerprint density at radius 1 is 0.483 bits per heavy atom. The summed E-state index contributed by atoms with van der Waals surface area (Å²) in [7, 11) is 0. The van der Waals surface area contributed by atoms with Crippen LogP contribution in [0.4, 0.5) is 0 Å². The molecule has 0 N–H and O–H groups in total. The summed E-state index contributed by atoms with van der Waals surface area (Å²) < 4.78 is 0. The van der Waals surface area contributed by atoms with E-state index in [9.17, 15) is 0 Å². The van der Waals surface area contributed by atoms with Gasteiger partial charge in [0.2, 0.25) is 0 Å². The van der Waals surface area contributed by atoms with Crippen LogP contribution in [0.2, 0.25) is 0 Å². The van der Waals surface area contributed by atoms with E-state index in [2.05, 4.69) is 99.6 Å². The van der Waals surface area contributed by atoms with Gasteiger partial charge in [-0.25, -0.2) is 0 Å². The fraction of sp³-hybridized carbons (Fsp3) is 0.103. The number of fused-ring (bicyclic) bond motifs is 2. The van der Waals surface area contributed by atoms with Crippen LogP contribution in [-0.2, 0) is 0 Å². The molecule has 0 fully saturated rings. The molecule has 0 nitrogen and oxygen atoms in total. The maximum atomic E-state index is 2.33. The van der Waals surface area contributed by atoms with Crippen LogP contribution >= 0.6 is 0 Å². The zero-order valence-electron chi connectivity index (χ0n) is 17.0. The third kappa shape index (κ3) is 2.20. The van der Waals surface area contributed by atoms with Crippen molar-refractivity contribution in [2.24, 2.45) is 0 Å². The number of hydrogen-bond donors (Lipinski definition) is 0. The van der Waals surface area contributed by atoms with Gasteiger partial charge in [0, 0.05) is 0 Å². The zero-order valence-corrected chi connectivity index (χ0v) is 17.0. The standard InChI is InChI=1S/C29H22/c1-17-15-18(2)26(19(3)16-17)25-14-13-21-9-5-11-23-22-10-4-7-20-8-6-12-24(27(20)22)29(25)28(21)23/h4-16H,1-3H3. The van der Waals surface area contributed by atoms with Crippen molar-refractivity contribution in [1.29, 1.82) is 0 Å². The van der Waals surface area contributed by atoms with E-state index in [1.165, 1.54) is 70.9 Å². The molecule has 0 heteroatoms. The van der Waals surface area contributed by atoms with Gasteiger partial charge in [-0.05, 0) is 86.1 Å². The maximum Gasteiger partial charge on any atom is -0.00139 e. The summed E-state index contributed by atoms with van der Waals surface area (Å²) in [6, 6.07) is 29.4. The molecule has 6 rings (SSSR count). The van der Waals surface area contributed by atoms with Crippen molar-refractivity contribution in [3.05, 3.63) is 95.6 Å². The molecule has 0 saturated heterocycles. The van der Waals surface area contributed by atoms with Crippen LogP contribution in [-0.4, -0.2) is 0 Å². The average molecular weight is 370 g/mol. The van der Waals surface area contributed by atoms with Gasteiger partial charge in [0.15, 0.2) is 0 Å². The lowest BCUT2D eigenvalue weighted by Crippen LogP contribution is -1.94. The van der Waals surface area contributed by atoms with E-state index < -0.39 is 0 Å². The first-order chi connectivity index (χ1) is 14.1. The largest absolute Gasteiger partial charge is 0.0610 e. The van der Waals surface area contributed by atoms with E-state index in [4.69, 9.17) is 0 Å². The lowest BCUT2D eigenvalue weighted by molar-refractivity contribution is 1.32. The highest BCUT2D eigenvalue weighted by Crippen LogP contribution is 2.45. The van der Waals surface area contributed by atoms with E-state index in [0.29, 0.717) is 0 Å². The Hall–Kier alpha value is -3.38. The van der Waals surface area contributed by atoms with Crippen LogP contribution in [0.3, 0.4) is 0 Å². The summed E-state index contributed by atoms with van der Waals surface area (Å²) >= 11 is 0. The molecule has 0 heterocycles. The van der Waals surface area contributed by atoms with Gasteiger partial charge in [-0.2, -0.15) is 0 Å². The molecule has 0 saturated carbocycles. The lowest BCUT2D eigenvalue weighted by Gasteiger charge is -2.19. The number of rotatable bonds is 1. The fourth-order valence-corrected chi connectivity index (χ4v) is 5.47. The Morgan fingerprint density at radius 3 is 1.69 bits per heavy atom. The van der Waals surface area contributed by atoms with Gasteiger partial charge in [-0.3, -0.25) is 0 Å². The fourth-order valence-electron chi connectivity index (χ4n) is 5.47. The highest BCUT2D eigenvalue weighted by molar-refractivity contribution is 6.35. The molecule has 138 valence electrons. The second-order valence-electron chi connectivity index (χ2n) is 8.37. The molecule has 6 aromatic rings. The Bertz CT molecular complexity index is 1540. The smallest absolute Gasteiger partial charge is 0.00139 e. The first kappa shape index (κ1) is 16.6. The molecule has 0 amide bonds. The van der Waals surface area contributed by atoms with Crippen LogP contribution in [0.1, 0.15) is 16.7 Å². The predicted molar refractivity (Wildman–Crippen MR) is 127 cm³/mol. The molecular weight excluding hydrogens is 348 g/mol. The molecule has 0 aliphatic rings. The van der Waals surface area contributed by atoms with Crippen molar-refractivity contribution >= 4 is 43.1 Å². The first-order valence-corrected chi connectivity index (χ1v) is 10.3. The molecule has 0 aromatic heterocycles. The Balaban J connectivity index is 1.95. The second kappa shape index (κ2) is 5.81. The average Bonchev–Trinajstić information content (AvgIpc) is 2.71. The molecule has 0 aliphatic heterocycles. The van der Waals surface area contributed by atoms with Crippen LogP contribution in [0, 0.1) is 20.8 Å². The lowest BCUT2D eigenvalue weighted by atomic mass is 9.84. The minimum Gasteiger partial charge on any atom is -0.0610 e. The van der Waals surface area contributed by atoms with Crippen LogP contribution in [0.25, 0.3) is 54.2 Å². The number of aryl methyl sites for hydroxylation is 3. The van der Waals surface area contributed by atoms with Gasteiger partial charge in [0.1, 0.15) is 0 Å². The van der Waals surface area contributed by atoms with Crippen LogP contribution in [0.5, 0.6) is 0 Å². The summed E-state index contributed by atoms with van der Waals surface area (Å²) in [5.41, 5.74) is 6.75. The number of benzene rings is 6. The maximum absolute atomic E-state index is 2.33. The van der Waals surface area contributed by atoms with Gasteiger partial charge in [0.25, 0.3) is 0 Å². The molecular formula is C29H22. The van der Waals surface area contributed by atoms with Gasteiger partial charge >= 0.3 is 0 Å². The number of hydrogen-bond acceptors (Lipinski definition) is 0. The summed E-state index contributed by atoms with van der Waals surface area (Å²) in [5.74, 6) is 0. The predicted octanol–water partition coefficient (Wildman–Crippen LogP) is 8.33. The second-order valence-corrected chi connectivity index (χ2v) is 8.37. The minimum atomic E-state index is 1.31. The van der Waals surface area contributed by atoms with Crippen molar-refractivity contribution in [3.8, 4) is 11.1 Å². The quantitative estimate of drug-likeness (QED) is 0.201. The SMILES string of the molecule is Cc1cc(C)c(-c2ccc3cccc4c5cccc6cccc(c2c34)c65)c(C)c1. The van der Waals surface area contributed by atoms with Crippen LogP contribution < -0.4 is 0 Å². The molecule has 0 radical (unpaired) electrons. The molecule has 0 bridgehead atoms. The third-order valence-corrected chi connectivity index (χ3v) is 6.46. The first-order valence-electron chi connectivity index (χ1n) is 10.3. The molecule has 0 spiro atoms. The van der Waals surface area contributed by atoms with E-state index in [0.717, 1.165) is 0 Å². The van der Waals surface area contributed by atoms with Crippen molar-refractivity contribution in [2.75, 3.05) is 0 Å². The normalized spacial score (nSPS) is 12.0. The molecule has 0 atom stereocenters. The van der Waals surface area contributed by atoms with Gasteiger partial charge in [-0.15, -0.1) is 0 Å². The van der Waals surface area contributed by atoms with Gasteiger partial charge in [0.05, 0.1) is 0 Å². The summed E-state index contributed by atoms with van der Waals surface area (Å²) in [6.07, 6.45) is 0. The Kier molecular flexibility index (Phi) is 3.32. The molecule has 0 aliphatic carbocycles. The minimum absolute atomic E-state index is 1.31. The highest BCUT2D eigenvalue weighted by atomic mass is 14.2. The topological polar surface area (TPSA) is 0 Å². The van der Waals surface area contributed by atoms with Crippen molar-refractivity contribution in [2.45, 2.75) is 20.8 Å². The molecule has 0 unspecified atom stereocenters.